The summed E-state index contributed by atoms with van der Waals surface area (Å²) in [4.78, 5) is 4.92. The molecule has 1 aliphatic rings. The minimum Gasteiger partial charge on any atom is -0.496 e. The standard InChI is InChI=1S/C27H26N2O/c1-30-25-15-14-19-7-2-3-12-23(19)27(25)24-13-5-9-20-8-4-10-21(26(20)24)17-29-22-11-6-16-28-18-22/h2-5,7-10,12-15,17,22,28H,6,11,16,18H2,1H3/t22-/m0/s1. The Morgan fingerprint density at radius 3 is 2.60 bits per heavy atom. The minimum absolute atomic E-state index is 0.355. The molecule has 0 radical (unpaired) electrons. The summed E-state index contributed by atoms with van der Waals surface area (Å²) in [6.45, 7) is 2.07. The van der Waals surface area contributed by atoms with E-state index in [1.165, 1.54) is 33.5 Å². The van der Waals surface area contributed by atoms with Gasteiger partial charge in [0, 0.05) is 23.9 Å². The van der Waals surface area contributed by atoms with Crippen LogP contribution in [0.4, 0.5) is 0 Å². The van der Waals surface area contributed by atoms with Crippen LogP contribution in [0.15, 0.2) is 77.8 Å². The molecular weight excluding hydrogens is 368 g/mol. The van der Waals surface area contributed by atoms with E-state index in [-0.39, 0.29) is 0 Å². The first-order valence-electron chi connectivity index (χ1n) is 10.7. The van der Waals surface area contributed by atoms with Crippen LogP contribution >= 0.6 is 0 Å². The molecule has 4 aromatic rings. The topological polar surface area (TPSA) is 33.6 Å². The zero-order chi connectivity index (χ0) is 20.3. The zero-order valence-electron chi connectivity index (χ0n) is 17.3. The molecule has 1 atom stereocenters. The van der Waals surface area contributed by atoms with Gasteiger partial charge in [0.25, 0.3) is 0 Å². The van der Waals surface area contributed by atoms with Gasteiger partial charge >= 0.3 is 0 Å². The first-order chi connectivity index (χ1) is 14.8. The lowest BCUT2D eigenvalue weighted by atomic mass is 9.91. The van der Waals surface area contributed by atoms with Crippen molar-refractivity contribution in [2.45, 2.75) is 18.9 Å². The fraction of sp³-hybridized carbons (Fsp3) is 0.222. The zero-order valence-corrected chi connectivity index (χ0v) is 17.3. The molecule has 0 amide bonds. The Kier molecular flexibility index (Phi) is 5.20. The van der Waals surface area contributed by atoms with Gasteiger partial charge in [0.05, 0.1) is 13.2 Å². The van der Waals surface area contributed by atoms with Gasteiger partial charge in [-0.15, -0.1) is 0 Å². The van der Waals surface area contributed by atoms with E-state index in [1.807, 2.05) is 0 Å². The molecule has 1 N–H and O–H groups in total. The van der Waals surface area contributed by atoms with Crippen molar-refractivity contribution >= 4 is 27.8 Å². The number of benzene rings is 4. The molecule has 150 valence electrons. The molecular formula is C27H26N2O. The van der Waals surface area contributed by atoms with Crippen molar-refractivity contribution < 1.29 is 4.74 Å². The van der Waals surface area contributed by atoms with E-state index in [1.54, 1.807) is 7.11 Å². The average Bonchev–Trinajstić information content (AvgIpc) is 2.82. The van der Waals surface area contributed by atoms with Crippen LogP contribution in [0.3, 0.4) is 0 Å². The van der Waals surface area contributed by atoms with Crippen molar-refractivity contribution in [3.05, 3.63) is 78.4 Å². The van der Waals surface area contributed by atoms with Crippen LogP contribution in [-0.4, -0.2) is 32.5 Å². The van der Waals surface area contributed by atoms with Crippen LogP contribution in [0.25, 0.3) is 32.7 Å². The first-order valence-corrected chi connectivity index (χ1v) is 10.7. The molecule has 0 aliphatic carbocycles. The van der Waals surface area contributed by atoms with E-state index in [0.717, 1.165) is 36.4 Å². The molecule has 1 fully saturated rings. The Morgan fingerprint density at radius 1 is 0.933 bits per heavy atom. The summed E-state index contributed by atoms with van der Waals surface area (Å²) in [6, 6.07) is 26.0. The van der Waals surface area contributed by atoms with Crippen molar-refractivity contribution in [3.8, 4) is 16.9 Å². The maximum atomic E-state index is 5.81. The number of rotatable bonds is 4. The summed E-state index contributed by atoms with van der Waals surface area (Å²) in [5.41, 5.74) is 3.48. The number of aliphatic imine (C=N–C) groups is 1. The molecule has 1 saturated heterocycles. The number of hydrogen-bond donors (Lipinski definition) is 1. The predicted molar refractivity (Wildman–Crippen MR) is 127 cm³/mol. The van der Waals surface area contributed by atoms with Gasteiger partial charge in [-0.1, -0.05) is 66.7 Å². The fourth-order valence-electron chi connectivity index (χ4n) is 4.53. The Morgan fingerprint density at radius 2 is 1.77 bits per heavy atom. The van der Waals surface area contributed by atoms with E-state index >= 15 is 0 Å². The molecule has 3 heteroatoms. The van der Waals surface area contributed by atoms with Gasteiger partial charge in [0.1, 0.15) is 5.75 Å². The normalized spacial score (nSPS) is 17.0. The summed E-state index contributed by atoms with van der Waals surface area (Å²) in [7, 11) is 1.75. The molecule has 0 spiro atoms. The lowest BCUT2D eigenvalue weighted by Gasteiger charge is -2.19. The predicted octanol–water partition coefficient (Wildman–Crippen LogP) is 5.84. The molecule has 1 aliphatic heterocycles. The number of ether oxygens (including phenoxy) is 1. The van der Waals surface area contributed by atoms with Gasteiger partial charge in [-0.2, -0.15) is 0 Å². The lowest BCUT2D eigenvalue weighted by molar-refractivity contribution is 0.417. The highest BCUT2D eigenvalue weighted by Gasteiger charge is 2.16. The van der Waals surface area contributed by atoms with Gasteiger partial charge in [0.2, 0.25) is 0 Å². The van der Waals surface area contributed by atoms with Gasteiger partial charge in [-0.05, 0) is 52.6 Å². The number of nitrogens with zero attached hydrogens (tertiary/aromatic N) is 1. The monoisotopic (exact) mass is 394 g/mol. The minimum atomic E-state index is 0.355. The number of fused-ring (bicyclic) bond motifs is 2. The molecule has 0 saturated carbocycles. The number of hydrogen-bond acceptors (Lipinski definition) is 3. The highest BCUT2D eigenvalue weighted by atomic mass is 16.5. The number of piperidine rings is 1. The molecule has 3 nitrogen and oxygen atoms in total. The van der Waals surface area contributed by atoms with E-state index in [9.17, 15) is 0 Å². The third-order valence-electron chi connectivity index (χ3n) is 6.01. The Bertz CT molecular complexity index is 1220. The summed E-state index contributed by atoms with van der Waals surface area (Å²) in [6.07, 6.45) is 4.41. The van der Waals surface area contributed by atoms with Crippen LogP contribution < -0.4 is 10.1 Å². The van der Waals surface area contributed by atoms with Gasteiger partial charge in [-0.3, -0.25) is 4.99 Å². The molecule has 0 aromatic heterocycles. The third-order valence-corrected chi connectivity index (χ3v) is 6.01. The highest BCUT2D eigenvalue weighted by molar-refractivity contribution is 6.12. The van der Waals surface area contributed by atoms with Gasteiger partial charge in [0.15, 0.2) is 0 Å². The lowest BCUT2D eigenvalue weighted by Crippen LogP contribution is -2.32. The first kappa shape index (κ1) is 18.8. The van der Waals surface area contributed by atoms with Crippen LogP contribution in [0.5, 0.6) is 5.75 Å². The maximum Gasteiger partial charge on any atom is 0.127 e. The number of methoxy groups -OCH3 is 1. The van der Waals surface area contributed by atoms with Crippen molar-refractivity contribution in [2.75, 3.05) is 20.2 Å². The van der Waals surface area contributed by atoms with Crippen molar-refractivity contribution in [1.82, 2.24) is 5.32 Å². The number of nitrogens with one attached hydrogen (secondary N) is 1. The smallest absolute Gasteiger partial charge is 0.127 e. The van der Waals surface area contributed by atoms with Crippen molar-refractivity contribution in [2.24, 2.45) is 4.99 Å². The molecule has 0 unspecified atom stereocenters. The average molecular weight is 395 g/mol. The van der Waals surface area contributed by atoms with Crippen molar-refractivity contribution in [1.29, 1.82) is 0 Å². The summed E-state index contributed by atoms with van der Waals surface area (Å²) < 4.78 is 5.81. The quantitative estimate of drug-likeness (QED) is 0.441. The fourth-order valence-corrected chi connectivity index (χ4v) is 4.53. The third kappa shape index (κ3) is 3.46. The second kappa shape index (κ2) is 8.29. The van der Waals surface area contributed by atoms with Crippen LogP contribution in [-0.2, 0) is 0 Å². The molecule has 4 aromatic carbocycles. The molecule has 1 heterocycles. The molecule has 5 rings (SSSR count). The van der Waals surface area contributed by atoms with E-state index in [4.69, 9.17) is 9.73 Å². The Hall–Kier alpha value is -3.17. The SMILES string of the molecule is COc1ccc2ccccc2c1-c1cccc2cccc(C=N[C@H]3CCCNC3)c12. The van der Waals surface area contributed by atoms with E-state index in [0.29, 0.717) is 6.04 Å². The Balaban J connectivity index is 1.73. The van der Waals surface area contributed by atoms with E-state index < -0.39 is 0 Å². The van der Waals surface area contributed by atoms with Crippen LogP contribution in [0.1, 0.15) is 18.4 Å². The summed E-state index contributed by atoms with van der Waals surface area (Å²) in [5.74, 6) is 0.893. The highest BCUT2D eigenvalue weighted by Crippen LogP contribution is 2.41. The molecule has 0 bridgehead atoms. The second-order valence-corrected chi connectivity index (χ2v) is 7.89. The summed E-state index contributed by atoms with van der Waals surface area (Å²) >= 11 is 0. The molecule has 30 heavy (non-hydrogen) atoms. The van der Waals surface area contributed by atoms with Crippen LogP contribution in [0.2, 0.25) is 0 Å². The largest absolute Gasteiger partial charge is 0.496 e. The van der Waals surface area contributed by atoms with Gasteiger partial charge < -0.3 is 10.1 Å². The van der Waals surface area contributed by atoms with Gasteiger partial charge in [-0.25, -0.2) is 0 Å². The summed E-state index contributed by atoms with van der Waals surface area (Å²) in [5, 5.41) is 8.30. The maximum absolute atomic E-state index is 5.81. The second-order valence-electron chi connectivity index (χ2n) is 7.89. The van der Waals surface area contributed by atoms with Crippen LogP contribution in [0, 0.1) is 0 Å². The van der Waals surface area contributed by atoms with Crippen molar-refractivity contribution in [3.63, 3.8) is 0 Å². The Labute approximate surface area is 177 Å². The van der Waals surface area contributed by atoms with E-state index in [2.05, 4.69) is 84.3 Å².